The van der Waals surface area contributed by atoms with Gasteiger partial charge in [-0.2, -0.15) is 0 Å². The van der Waals surface area contributed by atoms with Crippen LogP contribution in [0.5, 0.6) is 0 Å². The summed E-state index contributed by atoms with van der Waals surface area (Å²) in [6.45, 7) is 7.28. The minimum absolute atomic E-state index is 1.06. The molecule has 0 amide bonds. The molecule has 0 unspecified atom stereocenters. The molecule has 0 saturated heterocycles. The van der Waals surface area contributed by atoms with Gasteiger partial charge in [0, 0.05) is 0 Å². The van der Waals surface area contributed by atoms with Crippen molar-refractivity contribution in [2.75, 3.05) is 0 Å². The van der Waals surface area contributed by atoms with E-state index < -0.39 is 8.07 Å². The summed E-state index contributed by atoms with van der Waals surface area (Å²) in [5.74, 6) is 0. The maximum Gasteiger partial charge on any atom is 0.0784 e. The molecule has 0 bridgehead atoms. The molecule has 0 nitrogen and oxygen atoms in total. The predicted molar refractivity (Wildman–Crippen MR) is 96.3 cm³/mol. The third-order valence-electron chi connectivity index (χ3n) is 4.63. The van der Waals surface area contributed by atoms with Crippen molar-refractivity contribution in [2.24, 2.45) is 0 Å². The van der Waals surface area contributed by atoms with Crippen LogP contribution in [0.15, 0.2) is 42.5 Å². The van der Waals surface area contributed by atoms with Crippen molar-refractivity contribution in [3.05, 3.63) is 64.1 Å². The number of allylic oxidation sites excluding steroid dienone is 3. The van der Waals surface area contributed by atoms with Crippen LogP contribution in [-0.4, -0.2) is 8.07 Å². The quantitative estimate of drug-likeness (QED) is 0.700. The van der Waals surface area contributed by atoms with Gasteiger partial charge in [0.05, 0.1) is 8.07 Å². The average molecular weight is 288 g/mol. The fourth-order valence-corrected chi connectivity index (χ4v) is 5.17. The van der Waals surface area contributed by atoms with Gasteiger partial charge in [-0.3, -0.25) is 0 Å². The van der Waals surface area contributed by atoms with E-state index in [2.05, 4.69) is 74.3 Å². The Morgan fingerprint density at radius 2 is 1.57 bits per heavy atom. The maximum atomic E-state index is 2.43. The molecule has 0 spiro atoms. The largest absolute Gasteiger partial charge is 0.0801 e. The molecule has 104 valence electrons. The van der Waals surface area contributed by atoms with Crippen molar-refractivity contribution in [3.8, 4) is 0 Å². The van der Waals surface area contributed by atoms with Crippen molar-refractivity contribution < 1.29 is 0 Å². The summed E-state index contributed by atoms with van der Waals surface area (Å²) < 4.78 is 0. The molecular weight excluding hydrogens is 268 g/mol. The Morgan fingerprint density at radius 3 is 2.38 bits per heavy atom. The lowest BCUT2D eigenvalue weighted by Crippen LogP contribution is -2.25. The highest BCUT2D eigenvalue weighted by Gasteiger charge is 2.24. The maximum absolute atomic E-state index is 2.43. The van der Waals surface area contributed by atoms with Crippen LogP contribution in [0.4, 0.5) is 0 Å². The van der Waals surface area contributed by atoms with E-state index >= 15 is 0 Å². The lowest BCUT2D eigenvalue weighted by atomic mass is 9.96. The molecule has 0 radical (unpaired) electrons. The molecule has 0 aliphatic heterocycles. The molecule has 2 aliphatic rings. The van der Waals surface area contributed by atoms with Crippen LogP contribution in [0.25, 0.3) is 28.1 Å². The second-order valence-corrected chi connectivity index (χ2v) is 12.1. The highest BCUT2D eigenvalue weighted by Crippen LogP contribution is 2.28. The van der Waals surface area contributed by atoms with Gasteiger partial charge in [0.1, 0.15) is 0 Å². The van der Waals surface area contributed by atoms with E-state index in [1.807, 2.05) is 0 Å². The van der Waals surface area contributed by atoms with Gasteiger partial charge in [0.25, 0.3) is 0 Å². The molecule has 0 atom stereocenters. The molecule has 4 rings (SSSR count). The van der Waals surface area contributed by atoms with Gasteiger partial charge in [-0.05, 0) is 38.8 Å². The third kappa shape index (κ3) is 1.88. The average Bonchev–Trinajstić information content (AvgIpc) is 2.91. The van der Waals surface area contributed by atoms with Crippen molar-refractivity contribution >= 4 is 36.2 Å². The van der Waals surface area contributed by atoms with Gasteiger partial charge in [-0.1, -0.05) is 79.5 Å². The highest BCUT2D eigenvalue weighted by atomic mass is 28.3. The molecule has 21 heavy (non-hydrogen) atoms. The normalized spacial score (nSPS) is 16.0. The Bertz CT molecular complexity index is 934. The van der Waals surface area contributed by atoms with Crippen molar-refractivity contribution in [2.45, 2.75) is 26.1 Å². The van der Waals surface area contributed by atoms with Gasteiger partial charge in [0.2, 0.25) is 0 Å². The summed E-state index contributed by atoms with van der Waals surface area (Å²) >= 11 is 0. The molecular formula is C20H20Si. The topological polar surface area (TPSA) is 0 Å². The van der Waals surface area contributed by atoms with Crippen molar-refractivity contribution in [1.82, 2.24) is 0 Å². The highest BCUT2D eigenvalue weighted by molar-refractivity contribution is 6.94. The summed E-state index contributed by atoms with van der Waals surface area (Å²) in [5.41, 5.74) is 2.91. The lowest BCUT2D eigenvalue weighted by molar-refractivity contribution is 1.24. The van der Waals surface area contributed by atoms with Gasteiger partial charge >= 0.3 is 0 Å². The number of benzene rings is 2. The molecule has 0 aromatic heterocycles. The first kappa shape index (κ1) is 12.8. The Kier molecular flexibility index (Phi) is 2.64. The zero-order valence-electron chi connectivity index (χ0n) is 12.9. The fourth-order valence-electron chi connectivity index (χ4n) is 3.56. The Morgan fingerprint density at radius 1 is 0.810 bits per heavy atom. The first-order chi connectivity index (χ1) is 10.1. The zero-order chi connectivity index (χ0) is 14.6. The first-order valence-corrected chi connectivity index (χ1v) is 11.2. The Balaban J connectivity index is 2.06. The van der Waals surface area contributed by atoms with Crippen LogP contribution in [0.2, 0.25) is 19.6 Å². The van der Waals surface area contributed by atoms with Gasteiger partial charge < -0.3 is 0 Å². The fraction of sp³-hybridized carbons (Fsp3) is 0.200. The smallest absolute Gasteiger partial charge is 0.0784 e. The number of hydrogen-bond acceptors (Lipinski definition) is 0. The molecule has 0 heterocycles. The van der Waals surface area contributed by atoms with E-state index in [0.29, 0.717) is 0 Å². The monoisotopic (exact) mass is 288 g/mol. The summed E-state index contributed by atoms with van der Waals surface area (Å²) in [7, 11) is -1.28. The zero-order valence-corrected chi connectivity index (χ0v) is 13.9. The SMILES string of the molecule is C[Si](C)(C)C1=CC=c2c1ccc1c3c(ccc21)CC=CC=3. The summed E-state index contributed by atoms with van der Waals surface area (Å²) in [5, 5.41) is 7.23. The first-order valence-electron chi connectivity index (χ1n) is 7.70. The Hall–Kier alpha value is -1.86. The minimum atomic E-state index is -1.28. The summed E-state index contributed by atoms with van der Waals surface area (Å²) in [6, 6.07) is 9.29. The molecule has 1 heteroatoms. The molecule has 0 saturated carbocycles. The van der Waals surface area contributed by atoms with E-state index in [4.69, 9.17) is 0 Å². The minimum Gasteiger partial charge on any atom is -0.0801 e. The number of rotatable bonds is 1. The summed E-state index contributed by atoms with van der Waals surface area (Å²) in [6.07, 6.45) is 12.4. The number of hydrogen-bond donors (Lipinski definition) is 0. The van der Waals surface area contributed by atoms with E-state index in [1.165, 1.54) is 32.3 Å². The van der Waals surface area contributed by atoms with Crippen molar-refractivity contribution in [1.29, 1.82) is 0 Å². The predicted octanol–water partition coefficient (Wildman–Crippen LogP) is 3.79. The van der Waals surface area contributed by atoms with E-state index in [1.54, 1.807) is 5.20 Å². The van der Waals surface area contributed by atoms with Crippen LogP contribution in [0.3, 0.4) is 0 Å². The lowest BCUT2D eigenvalue weighted by Gasteiger charge is -2.20. The van der Waals surface area contributed by atoms with Crippen LogP contribution >= 0.6 is 0 Å². The van der Waals surface area contributed by atoms with Gasteiger partial charge in [-0.25, -0.2) is 0 Å². The third-order valence-corrected chi connectivity index (χ3v) is 6.68. The standard InChI is InChI=1S/C20H20Si/c1-21(2,3)20-13-12-18-17-9-8-14-6-4-5-7-15(14)16(17)10-11-19(18)20/h4-5,7-13H,6H2,1-3H3. The van der Waals surface area contributed by atoms with E-state index in [9.17, 15) is 0 Å². The van der Waals surface area contributed by atoms with Crippen LogP contribution in [-0.2, 0) is 6.42 Å². The molecule has 0 fully saturated rings. The van der Waals surface area contributed by atoms with E-state index in [-0.39, 0.29) is 0 Å². The van der Waals surface area contributed by atoms with E-state index in [0.717, 1.165) is 6.42 Å². The molecule has 2 aromatic rings. The second kappa shape index (κ2) is 4.31. The van der Waals surface area contributed by atoms with Crippen molar-refractivity contribution in [3.63, 3.8) is 0 Å². The van der Waals surface area contributed by atoms with Gasteiger partial charge in [-0.15, -0.1) is 0 Å². The Labute approximate surface area is 126 Å². The van der Waals surface area contributed by atoms with Crippen LogP contribution in [0.1, 0.15) is 11.1 Å². The van der Waals surface area contributed by atoms with Crippen LogP contribution in [0, 0.1) is 0 Å². The molecule has 2 aromatic carbocycles. The molecule has 2 aliphatic carbocycles. The molecule has 0 N–H and O–H groups in total. The summed E-state index contributed by atoms with van der Waals surface area (Å²) in [4.78, 5) is 0. The second-order valence-electron chi connectivity index (χ2n) is 7.06. The van der Waals surface area contributed by atoms with Crippen LogP contribution < -0.4 is 10.4 Å². The number of fused-ring (bicyclic) bond motifs is 5. The van der Waals surface area contributed by atoms with Gasteiger partial charge in [0.15, 0.2) is 0 Å².